The van der Waals surface area contributed by atoms with E-state index in [1.54, 1.807) is 0 Å². The Labute approximate surface area is 129 Å². The molecule has 106 valence electrons. The first-order chi connectivity index (χ1) is 10.1. The van der Waals surface area contributed by atoms with E-state index in [9.17, 15) is 0 Å². The molecule has 0 bridgehead atoms. The Balaban J connectivity index is 2.24. The number of nitrogens with zero attached hydrogens (tertiary/aromatic N) is 2. The molecule has 0 aliphatic heterocycles. The van der Waals surface area contributed by atoms with Gasteiger partial charge in [0, 0.05) is 16.8 Å². The number of benzene rings is 2. The van der Waals surface area contributed by atoms with Crippen molar-refractivity contribution >= 4 is 22.4 Å². The highest BCUT2D eigenvalue weighted by Crippen LogP contribution is 2.31. The largest absolute Gasteiger partial charge is 0.233 e. The van der Waals surface area contributed by atoms with Crippen LogP contribution in [0, 0.1) is 6.92 Å². The first-order valence-corrected chi connectivity index (χ1v) is 7.48. The predicted molar refractivity (Wildman–Crippen MR) is 88.8 cm³/mol. The van der Waals surface area contributed by atoms with Crippen LogP contribution in [0.15, 0.2) is 42.5 Å². The molecule has 0 aliphatic carbocycles. The van der Waals surface area contributed by atoms with Gasteiger partial charge in [0.05, 0.1) is 0 Å². The minimum atomic E-state index is 0.319. The normalized spacial score (nSPS) is 11.3. The maximum atomic E-state index is 6.38. The van der Waals surface area contributed by atoms with E-state index < -0.39 is 0 Å². The highest BCUT2D eigenvalue weighted by Gasteiger charge is 2.15. The molecule has 1 aromatic heterocycles. The first-order valence-electron chi connectivity index (χ1n) is 7.10. The van der Waals surface area contributed by atoms with E-state index in [1.165, 1.54) is 5.39 Å². The molecule has 21 heavy (non-hydrogen) atoms. The Morgan fingerprint density at radius 1 is 0.952 bits per heavy atom. The van der Waals surface area contributed by atoms with Gasteiger partial charge in [-0.3, -0.25) is 0 Å². The van der Waals surface area contributed by atoms with E-state index in [0.717, 1.165) is 22.2 Å². The lowest BCUT2D eigenvalue weighted by Gasteiger charge is -2.13. The van der Waals surface area contributed by atoms with Gasteiger partial charge in [-0.15, -0.1) is 0 Å². The van der Waals surface area contributed by atoms with E-state index in [0.29, 0.717) is 16.9 Å². The van der Waals surface area contributed by atoms with Crippen molar-refractivity contribution in [1.29, 1.82) is 0 Å². The summed E-state index contributed by atoms with van der Waals surface area (Å²) in [5, 5.41) is 2.88. The molecule has 0 unspecified atom stereocenters. The van der Waals surface area contributed by atoms with E-state index in [-0.39, 0.29) is 0 Å². The molecule has 0 saturated carbocycles. The Morgan fingerprint density at radius 3 is 2.38 bits per heavy atom. The van der Waals surface area contributed by atoms with Crippen LogP contribution >= 0.6 is 11.6 Å². The fourth-order valence-corrected chi connectivity index (χ4v) is 3.18. The van der Waals surface area contributed by atoms with Gasteiger partial charge >= 0.3 is 0 Å². The summed E-state index contributed by atoms with van der Waals surface area (Å²) in [5.41, 5.74) is 3.00. The molecule has 3 rings (SSSR count). The molecule has 3 heteroatoms. The van der Waals surface area contributed by atoms with Gasteiger partial charge < -0.3 is 0 Å². The van der Waals surface area contributed by atoms with Crippen LogP contribution in [-0.4, -0.2) is 9.97 Å². The molecular weight excluding hydrogens is 280 g/mol. The van der Waals surface area contributed by atoms with Crippen molar-refractivity contribution in [2.24, 2.45) is 0 Å². The summed E-state index contributed by atoms with van der Waals surface area (Å²) in [4.78, 5) is 9.21. The molecule has 0 N–H and O–H groups in total. The summed E-state index contributed by atoms with van der Waals surface area (Å²) < 4.78 is 0. The quantitative estimate of drug-likeness (QED) is 0.593. The van der Waals surface area contributed by atoms with Crippen LogP contribution in [0.4, 0.5) is 0 Å². The number of aromatic nitrogens is 2. The van der Waals surface area contributed by atoms with E-state index in [4.69, 9.17) is 11.6 Å². The van der Waals surface area contributed by atoms with Crippen molar-refractivity contribution in [3.63, 3.8) is 0 Å². The molecule has 0 amide bonds. The maximum Gasteiger partial charge on any atom is 0.161 e. The van der Waals surface area contributed by atoms with Gasteiger partial charge in [0.25, 0.3) is 0 Å². The standard InChI is InChI=1S/C18H17ClN2/c1-11(2)16-12(3)20-18(21-17(16)19)15-10-6-8-13-7-4-5-9-14(13)15/h4-11H,1-3H3. The van der Waals surface area contributed by atoms with Crippen LogP contribution in [0.3, 0.4) is 0 Å². The van der Waals surface area contributed by atoms with E-state index in [1.807, 2.05) is 31.2 Å². The van der Waals surface area contributed by atoms with Crippen LogP contribution in [0.25, 0.3) is 22.2 Å². The predicted octanol–water partition coefficient (Wildman–Crippen LogP) is 5.38. The average molecular weight is 297 g/mol. The fourth-order valence-electron chi connectivity index (χ4n) is 2.74. The van der Waals surface area contributed by atoms with Crippen molar-refractivity contribution in [3.8, 4) is 11.4 Å². The highest BCUT2D eigenvalue weighted by molar-refractivity contribution is 6.30. The van der Waals surface area contributed by atoms with Crippen molar-refractivity contribution in [2.75, 3.05) is 0 Å². The van der Waals surface area contributed by atoms with Gasteiger partial charge in [0.15, 0.2) is 5.82 Å². The number of halogens is 1. The van der Waals surface area contributed by atoms with Gasteiger partial charge in [-0.25, -0.2) is 9.97 Å². The second-order valence-corrected chi connectivity index (χ2v) is 5.88. The third-order valence-electron chi connectivity index (χ3n) is 3.70. The molecule has 0 saturated heterocycles. The summed E-state index contributed by atoms with van der Waals surface area (Å²) in [5.74, 6) is 1.01. The molecule has 2 nitrogen and oxygen atoms in total. The number of aryl methyl sites for hydroxylation is 1. The minimum Gasteiger partial charge on any atom is -0.233 e. The zero-order valence-corrected chi connectivity index (χ0v) is 13.1. The lowest BCUT2D eigenvalue weighted by atomic mass is 10.0. The first kappa shape index (κ1) is 14.0. The van der Waals surface area contributed by atoms with Crippen molar-refractivity contribution < 1.29 is 0 Å². The molecule has 2 aromatic carbocycles. The average Bonchev–Trinajstić information content (AvgIpc) is 2.45. The lowest BCUT2D eigenvalue weighted by molar-refractivity contribution is 0.831. The second kappa shape index (κ2) is 5.45. The number of hydrogen-bond donors (Lipinski definition) is 0. The monoisotopic (exact) mass is 296 g/mol. The van der Waals surface area contributed by atoms with E-state index >= 15 is 0 Å². The molecule has 0 spiro atoms. The van der Waals surface area contributed by atoms with Crippen molar-refractivity contribution in [2.45, 2.75) is 26.7 Å². The summed E-state index contributed by atoms with van der Waals surface area (Å²) in [6.45, 7) is 6.21. The molecular formula is C18H17ClN2. The van der Waals surface area contributed by atoms with Crippen molar-refractivity contribution in [1.82, 2.24) is 9.97 Å². The Hall–Kier alpha value is -1.93. The lowest BCUT2D eigenvalue weighted by Crippen LogP contribution is -2.02. The summed E-state index contributed by atoms with van der Waals surface area (Å²) in [6, 6.07) is 14.4. The van der Waals surface area contributed by atoms with E-state index in [2.05, 4.69) is 42.0 Å². The van der Waals surface area contributed by atoms with Crippen LogP contribution in [0.1, 0.15) is 31.0 Å². The van der Waals surface area contributed by atoms with Gasteiger partial charge in [-0.05, 0) is 23.6 Å². The number of rotatable bonds is 2. The Bertz CT molecular complexity index is 781. The third kappa shape index (κ3) is 2.52. The molecule has 0 atom stereocenters. The highest BCUT2D eigenvalue weighted by atomic mass is 35.5. The maximum absolute atomic E-state index is 6.38. The molecule has 0 fully saturated rings. The van der Waals surface area contributed by atoms with Gasteiger partial charge in [0.2, 0.25) is 0 Å². The van der Waals surface area contributed by atoms with Crippen LogP contribution in [-0.2, 0) is 0 Å². The summed E-state index contributed by atoms with van der Waals surface area (Å²) >= 11 is 6.38. The van der Waals surface area contributed by atoms with Gasteiger partial charge in [-0.2, -0.15) is 0 Å². The minimum absolute atomic E-state index is 0.319. The topological polar surface area (TPSA) is 25.8 Å². The fraction of sp³-hybridized carbons (Fsp3) is 0.222. The number of fused-ring (bicyclic) bond motifs is 1. The van der Waals surface area contributed by atoms with Crippen LogP contribution in [0.2, 0.25) is 5.15 Å². The zero-order chi connectivity index (χ0) is 15.0. The smallest absolute Gasteiger partial charge is 0.161 e. The number of hydrogen-bond acceptors (Lipinski definition) is 2. The molecule has 0 radical (unpaired) electrons. The Morgan fingerprint density at radius 2 is 1.67 bits per heavy atom. The van der Waals surface area contributed by atoms with Crippen LogP contribution < -0.4 is 0 Å². The van der Waals surface area contributed by atoms with Gasteiger partial charge in [-0.1, -0.05) is 67.9 Å². The SMILES string of the molecule is Cc1nc(-c2cccc3ccccc23)nc(Cl)c1C(C)C. The molecule has 1 heterocycles. The third-order valence-corrected chi connectivity index (χ3v) is 3.99. The van der Waals surface area contributed by atoms with Crippen molar-refractivity contribution in [3.05, 3.63) is 58.9 Å². The Kier molecular flexibility index (Phi) is 3.64. The summed E-state index contributed by atoms with van der Waals surface area (Å²) in [7, 11) is 0. The van der Waals surface area contributed by atoms with Crippen LogP contribution in [0.5, 0.6) is 0 Å². The van der Waals surface area contributed by atoms with Gasteiger partial charge in [0.1, 0.15) is 5.15 Å². The molecule has 0 aliphatic rings. The second-order valence-electron chi connectivity index (χ2n) is 5.52. The summed E-state index contributed by atoms with van der Waals surface area (Å²) in [6.07, 6.45) is 0. The molecule has 3 aromatic rings. The zero-order valence-electron chi connectivity index (χ0n) is 12.4.